The van der Waals surface area contributed by atoms with Crippen molar-refractivity contribution < 1.29 is 4.74 Å². The van der Waals surface area contributed by atoms with Crippen LogP contribution in [0.4, 0.5) is 0 Å². The Balaban J connectivity index is 1.93. The molecule has 2 unspecified atom stereocenters. The fourth-order valence-electron chi connectivity index (χ4n) is 3.00. The van der Waals surface area contributed by atoms with Crippen molar-refractivity contribution in [2.24, 2.45) is 11.7 Å². The van der Waals surface area contributed by atoms with E-state index in [4.69, 9.17) is 10.5 Å². The number of likely N-dealkylation sites (tertiary alicyclic amines) is 1. The predicted octanol–water partition coefficient (Wildman–Crippen LogP) is 1.22. The fraction of sp³-hybridized carbons (Fsp3) is 1.00. The van der Waals surface area contributed by atoms with E-state index in [-0.39, 0.29) is 0 Å². The molecule has 0 aromatic heterocycles. The van der Waals surface area contributed by atoms with Gasteiger partial charge in [-0.3, -0.25) is 4.90 Å². The lowest BCUT2D eigenvalue weighted by Crippen LogP contribution is -2.52. The molecule has 3 nitrogen and oxygen atoms in total. The van der Waals surface area contributed by atoms with E-state index in [1.165, 1.54) is 32.2 Å². The highest BCUT2D eigenvalue weighted by Crippen LogP contribution is 2.27. The van der Waals surface area contributed by atoms with E-state index in [1.807, 2.05) is 0 Å². The highest BCUT2D eigenvalue weighted by atomic mass is 16.5. The van der Waals surface area contributed by atoms with E-state index in [9.17, 15) is 0 Å². The fourth-order valence-corrected chi connectivity index (χ4v) is 3.00. The van der Waals surface area contributed by atoms with E-state index >= 15 is 0 Å². The third-order valence-electron chi connectivity index (χ3n) is 3.96. The minimum absolute atomic E-state index is 0.622. The lowest BCUT2D eigenvalue weighted by atomic mass is 9.90. The molecular formula is C12H24N2O. The van der Waals surface area contributed by atoms with Crippen LogP contribution in [-0.4, -0.2) is 43.3 Å². The maximum absolute atomic E-state index is 5.89. The highest BCUT2D eigenvalue weighted by Gasteiger charge is 2.31. The first kappa shape index (κ1) is 11.4. The smallest absolute Gasteiger partial charge is 0.0480 e. The van der Waals surface area contributed by atoms with Gasteiger partial charge < -0.3 is 10.5 Å². The maximum Gasteiger partial charge on any atom is 0.0480 e. The standard InChI is InChI=1S/C12H24N2O/c1-10-2-5-14(12(8-10)9-13)11-3-6-15-7-4-11/h10-12H,2-9,13H2,1H3. The number of hydrogen-bond donors (Lipinski definition) is 1. The van der Waals surface area contributed by atoms with Crippen LogP contribution in [0, 0.1) is 5.92 Å². The molecule has 2 aliphatic heterocycles. The molecule has 0 amide bonds. The Morgan fingerprint density at radius 1 is 1.27 bits per heavy atom. The molecule has 0 aromatic carbocycles. The van der Waals surface area contributed by atoms with Crippen LogP contribution in [0.25, 0.3) is 0 Å². The average molecular weight is 212 g/mol. The molecular weight excluding hydrogens is 188 g/mol. The van der Waals surface area contributed by atoms with Crippen molar-refractivity contribution in [2.45, 2.75) is 44.7 Å². The Bertz CT molecular complexity index is 190. The lowest BCUT2D eigenvalue weighted by molar-refractivity contribution is -0.00101. The number of nitrogens with two attached hydrogens (primary N) is 1. The van der Waals surface area contributed by atoms with Crippen LogP contribution in [-0.2, 0) is 4.74 Å². The number of ether oxygens (including phenoxy) is 1. The summed E-state index contributed by atoms with van der Waals surface area (Å²) >= 11 is 0. The summed E-state index contributed by atoms with van der Waals surface area (Å²) in [7, 11) is 0. The summed E-state index contributed by atoms with van der Waals surface area (Å²) < 4.78 is 5.42. The van der Waals surface area contributed by atoms with Gasteiger partial charge >= 0.3 is 0 Å². The Kier molecular flexibility index (Phi) is 4.00. The zero-order valence-electron chi connectivity index (χ0n) is 9.82. The monoisotopic (exact) mass is 212 g/mol. The predicted molar refractivity (Wildman–Crippen MR) is 61.8 cm³/mol. The summed E-state index contributed by atoms with van der Waals surface area (Å²) in [6.07, 6.45) is 5.03. The SMILES string of the molecule is CC1CCN(C2CCOCC2)C(CN)C1. The van der Waals surface area contributed by atoms with Gasteiger partial charge in [0.1, 0.15) is 0 Å². The van der Waals surface area contributed by atoms with E-state index in [1.54, 1.807) is 0 Å². The highest BCUT2D eigenvalue weighted by molar-refractivity contribution is 4.86. The molecule has 0 bridgehead atoms. The Morgan fingerprint density at radius 3 is 2.67 bits per heavy atom. The molecule has 0 spiro atoms. The van der Waals surface area contributed by atoms with Gasteiger partial charge in [0.25, 0.3) is 0 Å². The van der Waals surface area contributed by atoms with Crippen molar-refractivity contribution in [2.75, 3.05) is 26.3 Å². The number of rotatable bonds is 2. The summed E-state index contributed by atoms with van der Waals surface area (Å²) in [5.41, 5.74) is 5.89. The summed E-state index contributed by atoms with van der Waals surface area (Å²) in [6.45, 7) is 6.29. The van der Waals surface area contributed by atoms with Crippen LogP contribution < -0.4 is 5.73 Å². The van der Waals surface area contributed by atoms with Gasteiger partial charge in [-0.25, -0.2) is 0 Å². The first-order chi connectivity index (χ1) is 7.31. The van der Waals surface area contributed by atoms with Crippen LogP contribution in [0.5, 0.6) is 0 Å². The van der Waals surface area contributed by atoms with E-state index in [2.05, 4.69) is 11.8 Å². The van der Waals surface area contributed by atoms with Gasteiger partial charge in [-0.2, -0.15) is 0 Å². The number of hydrogen-bond acceptors (Lipinski definition) is 3. The van der Waals surface area contributed by atoms with Crippen molar-refractivity contribution in [1.29, 1.82) is 0 Å². The molecule has 0 aromatic rings. The van der Waals surface area contributed by atoms with E-state index in [0.717, 1.165) is 31.7 Å². The molecule has 2 saturated heterocycles. The van der Waals surface area contributed by atoms with Crippen LogP contribution in [0.3, 0.4) is 0 Å². The second kappa shape index (κ2) is 5.28. The zero-order chi connectivity index (χ0) is 10.7. The lowest BCUT2D eigenvalue weighted by Gasteiger charge is -2.44. The normalized spacial score (nSPS) is 35.6. The van der Waals surface area contributed by atoms with Gasteiger partial charge in [-0.05, 0) is 38.1 Å². The zero-order valence-corrected chi connectivity index (χ0v) is 9.82. The van der Waals surface area contributed by atoms with Gasteiger partial charge in [-0.15, -0.1) is 0 Å². The van der Waals surface area contributed by atoms with E-state index in [0.29, 0.717) is 6.04 Å². The average Bonchev–Trinajstić information content (AvgIpc) is 2.30. The Morgan fingerprint density at radius 2 is 2.00 bits per heavy atom. The number of piperidine rings is 1. The summed E-state index contributed by atoms with van der Waals surface area (Å²) in [5.74, 6) is 0.856. The van der Waals surface area contributed by atoms with Gasteiger partial charge in [0.2, 0.25) is 0 Å². The quantitative estimate of drug-likeness (QED) is 0.748. The Labute approximate surface area is 93.0 Å². The minimum atomic E-state index is 0.622. The van der Waals surface area contributed by atoms with Crippen molar-refractivity contribution in [3.8, 4) is 0 Å². The molecule has 0 aliphatic carbocycles. The molecule has 15 heavy (non-hydrogen) atoms. The topological polar surface area (TPSA) is 38.5 Å². The van der Waals surface area contributed by atoms with Crippen LogP contribution >= 0.6 is 0 Å². The summed E-state index contributed by atoms with van der Waals surface area (Å²) in [6, 6.07) is 1.36. The summed E-state index contributed by atoms with van der Waals surface area (Å²) in [5, 5.41) is 0. The maximum atomic E-state index is 5.89. The van der Waals surface area contributed by atoms with Crippen LogP contribution in [0.1, 0.15) is 32.6 Å². The first-order valence-electron chi connectivity index (χ1n) is 6.35. The molecule has 2 N–H and O–H groups in total. The van der Waals surface area contributed by atoms with Gasteiger partial charge in [0, 0.05) is 31.8 Å². The minimum Gasteiger partial charge on any atom is -0.381 e. The molecule has 0 saturated carbocycles. The van der Waals surface area contributed by atoms with Gasteiger partial charge in [0.15, 0.2) is 0 Å². The van der Waals surface area contributed by atoms with Gasteiger partial charge in [0.05, 0.1) is 0 Å². The molecule has 3 heteroatoms. The third kappa shape index (κ3) is 2.71. The molecule has 2 heterocycles. The first-order valence-corrected chi connectivity index (χ1v) is 6.35. The van der Waals surface area contributed by atoms with Crippen LogP contribution in [0.2, 0.25) is 0 Å². The molecule has 2 aliphatic rings. The summed E-state index contributed by atoms with van der Waals surface area (Å²) in [4.78, 5) is 2.66. The van der Waals surface area contributed by atoms with Crippen molar-refractivity contribution in [3.05, 3.63) is 0 Å². The van der Waals surface area contributed by atoms with E-state index < -0.39 is 0 Å². The van der Waals surface area contributed by atoms with Crippen molar-refractivity contribution >= 4 is 0 Å². The van der Waals surface area contributed by atoms with Gasteiger partial charge in [-0.1, -0.05) is 6.92 Å². The molecule has 2 atom stereocenters. The molecule has 2 fully saturated rings. The molecule has 2 rings (SSSR count). The van der Waals surface area contributed by atoms with Crippen molar-refractivity contribution in [3.63, 3.8) is 0 Å². The largest absolute Gasteiger partial charge is 0.381 e. The molecule has 0 radical (unpaired) electrons. The third-order valence-corrected chi connectivity index (χ3v) is 3.96. The number of nitrogens with zero attached hydrogens (tertiary/aromatic N) is 1. The Hall–Kier alpha value is -0.120. The van der Waals surface area contributed by atoms with Crippen LogP contribution in [0.15, 0.2) is 0 Å². The molecule has 88 valence electrons. The second-order valence-corrected chi connectivity index (χ2v) is 5.10. The second-order valence-electron chi connectivity index (χ2n) is 5.10. The van der Waals surface area contributed by atoms with Crippen molar-refractivity contribution in [1.82, 2.24) is 4.90 Å².